The minimum absolute atomic E-state index is 0.190. The molecule has 1 unspecified atom stereocenters. The molecule has 1 atom stereocenters. The molecule has 0 saturated heterocycles. The standard InChI is InChI=1S/C4H9BCl2/c1-3-4(2)5(6)7/h4H,3H2,1-2H3. The molecule has 0 nitrogen and oxygen atoms in total. The maximum absolute atomic E-state index is 5.49. The van der Waals surface area contributed by atoms with Crippen LogP contribution >= 0.6 is 22.9 Å². The summed E-state index contributed by atoms with van der Waals surface area (Å²) in [6, 6.07) is 0. The Kier molecular flexibility index (Phi) is 3.96. The van der Waals surface area contributed by atoms with Crippen molar-refractivity contribution in [3.05, 3.63) is 0 Å². The Morgan fingerprint density at radius 1 is 1.57 bits per heavy atom. The van der Waals surface area contributed by atoms with Crippen LogP contribution in [0.1, 0.15) is 20.3 Å². The molecular formula is C4H9BCl2. The zero-order valence-corrected chi connectivity index (χ0v) is 6.13. The summed E-state index contributed by atoms with van der Waals surface area (Å²) in [7, 11) is 0. The lowest BCUT2D eigenvalue weighted by Crippen LogP contribution is -2.00. The molecule has 0 amide bonds. The van der Waals surface area contributed by atoms with Gasteiger partial charge in [0.2, 0.25) is 0 Å². The normalized spacial score (nSPS) is 13.7. The fraction of sp³-hybridized carbons (Fsp3) is 1.00. The summed E-state index contributed by atoms with van der Waals surface area (Å²) in [5.41, 5.74) is -0.190. The first-order valence-corrected chi connectivity index (χ1v) is 3.34. The fourth-order valence-corrected chi connectivity index (χ4v) is 0.535. The average molecular weight is 139 g/mol. The van der Waals surface area contributed by atoms with Crippen LogP contribution < -0.4 is 0 Å². The van der Waals surface area contributed by atoms with Crippen molar-refractivity contribution >= 4 is 28.5 Å². The molecule has 0 aliphatic rings. The van der Waals surface area contributed by atoms with E-state index in [2.05, 4.69) is 6.92 Å². The Morgan fingerprint density at radius 3 is 2.00 bits per heavy atom. The monoisotopic (exact) mass is 138 g/mol. The van der Waals surface area contributed by atoms with Gasteiger partial charge in [-0.15, -0.1) is 0 Å². The minimum Gasteiger partial charge on any atom is -0.171 e. The second-order valence-corrected chi connectivity index (χ2v) is 2.88. The molecule has 0 radical (unpaired) electrons. The molecular weight excluding hydrogens is 130 g/mol. The molecule has 0 rings (SSSR count). The molecule has 0 N–H and O–H groups in total. The topological polar surface area (TPSA) is 0 Å². The zero-order chi connectivity index (χ0) is 5.86. The summed E-state index contributed by atoms with van der Waals surface area (Å²) in [5.74, 6) is 0.434. The van der Waals surface area contributed by atoms with Gasteiger partial charge in [-0.05, 0) is 5.82 Å². The van der Waals surface area contributed by atoms with E-state index in [1.807, 2.05) is 6.92 Å². The molecule has 0 fully saturated rings. The Hall–Kier alpha value is 0.645. The quantitative estimate of drug-likeness (QED) is 0.515. The van der Waals surface area contributed by atoms with E-state index in [1.54, 1.807) is 0 Å². The van der Waals surface area contributed by atoms with E-state index in [4.69, 9.17) is 22.9 Å². The lowest BCUT2D eigenvalue weighted by molar-refractivity contribution is 0.874. The predicted molar refractivity (Wildman–Crippen MR) is 37.2 cm³/mol. The first kappa shape index (κ1) is 7.64. The highest BCUT2D eigenvalue weighted by Gasteiger charge is 2.12. The van der Waals surface area contributed by atoms with Crippen molar-refractivity contribution in [2.45, 2.75) is 26.1 Å². The summed E-state index contributed by atoms with van der Waals surface area (Å²) in [6.07, 6.45) is 1.05. The summed E-state index contributed by atoms with van der Waals surface area (Å²) in [6.45, 7) is 4.10. The van der Waals surface area contributed by atoms with Gasteiger partial charge in [-0.1, -0.05) is 20.3 Å². The molecule has 0 aliphatic heterocycles. The number of halogens is 2. The van der Waals surface area contributed by atoms with Crippen molar-refractivity contribution < 1.29 is 0 Å². The highest BCUT2D eigenvalue weighted by Crippen LogP contribution is 2.18. The van der Waals surface area contributed by atoms with Gasteiger partial charge in [-0.2, -0.15) is 22.9 Å². The van der Waals surface area contributed by atoms with E-state index < -0.39 is 0 Å². The maximum Gasteiger partial charge on any atom is 0.354 e. The average Bonchev–Trinajstić information content (AvgIpc) is 1.65. The lowest BCUT2D eigenvalue weighted by atomic mass is 9.84. The van der Waals surface area contributed by atoms with Crippen LogP contribution in [0.2, 0.25) is 5.82 Å². The number of rotatable bonds is 2. The van der Waals surface area contributed by atoms with Gasteiger partial charge in [0.25, 0.3) is 0 Å². The van der Waals surface area contributed by atoms with E-state index in [1.165, 1.54) is 0 Å². The van der Waals surface area contributed by atoms with Gasteiger partial charge in [0.15, 0.2) is 0 Å². The van der Waals surface area contributed by atoms with E-state index in [0.717, 1.165) is 6.42 Å². The molecule has 0 heterocycles. The number of hydrogen-bond donors (Lipinski definition) is 0. The van der Waals surface area contributed by atoms with E-state index in [9.17, 15) is 0 Å². The van der Waals surface area contributed by atoms with Crippen molar-refractivity contribution in [2.24, 2.45) is 0 Å². The SMILES string of the molecule is CCC(C)B(Cl)Cl. The molecule has 0 spiro atoms. The smallest absolute Gasteiger partial charge is 0.171 e. The highest BCUT2D eigenvalue weighted by atomic mass is 35.5. The molecule has 7 heavy (non-hydrogen) atoms. The molecule has 0 aromatic rings. The van der Waals surface area contributed by atoms with Crippen LogP contribution in [0.4, 0.5) is 0 Å². The van der Waals surface area contributed by atoms with Crippen LogP contribution in [0.5, 0.6) is 0 Å². The molecule has 3 heteroatoms. The Labute approximate surface area is 55.1 Å². The second-order valence-electron chi connectivity index (χ2n) is 1.72. The van der Waals surface area contributed by atoms with Gasteiger partial charge < -0.3 is 0 Å². The molecule has 0 aliphatic carbocycles. The second kappa shape index (κ2) is 3.62. The summed E-state index contributed by atoms with van der Waals surface area (Å²) in [5, 5.41) is 0. The van der Waals surface area contributed by atoms with E-state index in [0.29, 0.717) is 5.82 Å². The van der Waals surface area contributed by atoms with Gasteiger partial charge in [-0.3, -0.25) is 0 Å². The van der Waals surface area contributed by atoms with Crippen molar-refractivity contribution in [1.82, 2.24) is 0 Å². The maximum atomic E-state index is 5.49. The van der Waals surface area contributed by atoms with Crippen molar-refractivity contribution in [3.8, 4) is 0 Å². The summed E-state index contributed by atoms with van der Waals surface area (Å²) in [4.78, 5) is 0. The highest BCUT2D eigenvalue weighted by molar-refractivity contribution is 7.34. The van der Waals surface area contributed by atoms with Crippen LogP contribution in [0.25, 0.3) is 0 Å². The summed E-state index contributed by atoms with van der Waals surface area (Å²) >= 11 is 11.0. The minimum atomic E-state index is -0.190. The third-order valence-electron chi connectivity index (χ3n) is 1.07. The van der Waals surface area contributed by atoms with E-state index in [-0.39, 0.29) is 5.54 Å². The van der Waals surface area contributed by atoms with Gasteiger partial charge in [0, 0.05) is 0 Å². The Morgan fingerprint density at radius 2 is 2.00 bits per heavy atom. The van der Waals surface area contributed by atoms with Crippen molar-refractivity contribution in [2.75, 3.05) is 0 Å². The van der Waals surface area contributed by atoms with Gasteiger partial charge >= 0.3 is 5.54 Å². The van der Waals surface area contributed by atoms with Gasteiger partial charge in [-0.25, -0.2) is 0 Å². The van der Waals surface area contributed by atoms with Crippen molar-refractivity contribution in [3.63, 3.8) is 0 Å². The third kappa shape index (κ3) is 3.25. The molecule has 0 saturated carbocycles. The largest absolute Gasteiger partial charge is 0.354 e. The molecule has 42 valence electrons. The molecule has 0 aromatic heterocycles. The fourth-order valence-electron chi connectivity index (χ4n) is 0.178. The molecule has 0 bridgehead atoms. The van der Waals surface area contributed by atoms with Gasteiger partial charge in [0.1, 0.15) is 0 Å². The van der Waals surface area contributed by atoms with Crippen molar-refractivity contribution in [1.29, 1.82) is 0 Å². The molecule has 0 aromatic carbocycles. The number of hydrogen-bond acceptors (Lipinski definition) is 0. The van der Waals surface area contributed by atoms with Gasteiger partial charge in [0.05, 0.1) is 0 Å². The Bertz CT molecular complexity index is 47.0. The summed E-state index contributed by atoms with van der Waals surface area (Å²) < 4.78 is 0. The first-order chi connectivity index (χ1) is 3.18. The van der Waals surface area contributed by atoms with E-state index >= 15 is 0 Å². The third-order valence-corrected chi connectivity index (χ3v) is 1.93. The van der Waals surface area contributed by atoms with Crippen LogP contribution in [-0.2, 0) is 0 Å². The lowest BCUT2D eigenvalue weighted by Gasteiger charge is -2.02. The zero-order valence-electron chi connectivity index (χ0n) is 4.62. The predicted octanol–water partition coefficient (Wildman–Crippen LogP) is 2.75. The first-order valence-electron chi connectivity index (χ1n) is 2.46. The van der Waals surface area contributed by atoms with Crippen LogP contribution in [-0.4, -0.2) is 5.54 Å². The van der Waals surface area contributed by atoms with Crippen LogP contribution in [0.15, 0.2) is 0 Å². The Balaban J connectivity index is 3.14. The van der Waals surface area contributed by atoms with Crippen LogP contribution in [0, 0.1) is 0 Å². The van der Waals surface area contributed by atoms with Crippen LogP contribution in [0.3, 0.4) is 0 Å².